The number of nitrogens with zero attached hydrogens (tertiary/aromatic N) is 6. The standard InChI is InChI=1S/C37H31F7N8O2S/c1-2-4-23(20-11-17(38)14-48-32(20)46)52-9-10-53-30-26-29(49-35(50-34(26)52)54-16-36-7-3-8-51(36)15-18(39)12-36)28(41)25(27(30)37(42,43)44)19-5-6-22(40)31-24(19)21(13-45)33(47)55-31/h2,5-6,11,14,18,23H,1,3-4,7-10,12,15-16,47H2,(H2,46,48)/t18-,23-,36+/m1/s1. The Balaban J connectivity index is 1.43. The Labute approximate surface area is 312 Å². The second-order valence-corrected chi connectivity index (χ2v) is 14.8. The SMILES string of the molecule is C=CC[C@H](c1cc(F)cnc1N)N1CCOc2c(C(F)(F)F)c(-c3ccc(F)c4sc(N)c(C#N)c34)c(F)c3nc(OC[C@@]45CCCN4C[C@H](F)C5)nc1c23. The van der Waals surface area contributed by atoms with Crippen LogP contribution in [0, 0.1) is 28.8 Å². The fourth-order valence-corrected chi connectivity index (χ4v) is 9.28. The van der Waals surface area contributed by atoms with Crippen LogP contribution in [0.3, 0.4) is 0 Å². The number of rotatable bonds is 8. The quantitative estimate of drug-likeness (QED) is 0.118. The highest BCUT2D eigenvalue weighted by Crippen LogP contribution is 2.54. The second kappa shape index (κ2) is 13.4. The second-order valence-electron chi connectivity index (χ2n) is 13.8. The van der Waals surface area contributed by atoms with Gasteiger partial charge in [-0.25, -0.2) is 22.5 Å². The molecule has 2 saturated heterocycles. The van der Waals surface area contributed by atoms with Crippen molar-refractivity contribution in [3.8, 4) is 29.0 Å². The van der Waals surface area contributed by atoms with Crippen molar-refractivity contribution in [3.05, 3.63) is 71.2 Å². The zero-order valence-electron chi connectivity index (χ0n) is 28.8. The van der Waals surface area contributed by atoms with Gasteiger partial charge in [-0.1, -0.05) is 12.1 Å². The Bertz CT molecular complexity index is 2440. The van der Waals surface area contributed by atoms with E-state index in [0.717, 1.165) is 30.8 Å². The summed E-state index contributed by atoms with van der Waals surface area (Å²) in [6.45, 7) is 3.94. The van der Waals surface area contributed by atoms with E-state index in [9.17, 15) is 14.0 Å². The van der Waals surface area contributed by atoms with Gasteiger partial charge in [0.1, 0.15) is 70.6 Å². The van der Waals surface area contributed by atoms with Crippen LogP contribution in [-0.2, 0) is 6.18 Å². The first-order valence-electron chi connectivity index (χ1n) is 17.2. The van der Waals surface area contributed by atoms with Crippen LogP contribution >= 0.6 is 11.3 Å². The first-order valence-corrected chi connectivity index (χ1v) is 18.1. The maximum Gasteiger partial charge on any atom is 0.420 e. The third-order valence-electron chi connectivity index (χ3n) is 10.6. The summed E-state index contributed by atoms with van der Waals surface area (Å²) < 4.78 is 120. The Hall–Kier alpha value is -5.41. The molecule has 55 heavy (non-hydrogen) atoms. The van der Waals surface area contributed by atoms with Crippen LogP contribution in [0.2, 0.25) is 0 Å². The molecule has 3 aliphatic heterocycles. The molecule has 0 bridgehead atoms. The number of ether oxygens (including phenoxy) is 2. The fraction of sp³-hybridized carbons (Fsp3) is 0.351. The van der Waals surface area contributed by atoms with E-state index >= 15 is 22.0 Å². The zero-order chi connectivity index (χ0) is 39.0. The summed E-state index contributed by atoms with van der Waals surface area (Å²) in [4.78, 5) is 16.3. The lowest BCUT2D eigenvalue weighted by molar-refractivity contribution is -0.138. The van der Waals surface area contributed by atoms with Gasteiger partial charge in [0.15, 0.2) is 5.82 Å². The van der Waals surface area contributed by atoms with Gasteiger partial charge in [0, 0.05) is 29.5 Å². The van der Waals surface area contributed by atoms with Gasteiger partial charge in [-0.05, 0) is 43.5 Å². The molecule has 0 saturated carbocycles. The normalized spacial score (nSPS) is 20.3. The van der Waals surface area contributed by atoms with E-state index in [1.54, 1.807) is 0 Å². The van der Waals surface area contributed by atoms with Crippen molar-refractivity contribution in [1.82, 2.24) is 19.9 Å². The van der Waals surface area contributed by atoms with Gasteiger partial charge in [-0.2, -0.15) is 28.4 Å². The molecule has 2 fully saturated rings. The Morgan fingerprint density at radius 2 is 1.98 bits per heavy atom. The number of anilines is 3. The Morgan fingerprint density at radius 1 is 1.18 bits per heavy atom. The van der Waals surface area contributed by atoms with E-state index in [-0.39, 0.29) is 70.4 Å². The van der Waals surface area contributed by atoms with E-state index < -0.39 is 87.3 Å². The van der Waals surface area contributed by atoms with E-state index in [0.29, 0.717) is 24.3 Å². The molecule has 8 rings (SSSR count). The predicted molar refractivity (Wildman–Crippen MR) is 192 cm³/mol. The van der Waals surface area contributed by atoms with Crippen molar-refractivity contribution in [2.24, 2.45) is 0 Å². The van der Waals surface area contributed by atoms with Crippen molar-refractivity contribution in [1.29, 1.82) is 5.26 Å². The molecule has 0 unspecified atom stereocenters. The molecule has 0 aliphatic carbocycles. The summed E-state index contributed by atoms with van der Waals surface area (Å²) in [6.07, 6.45) is -2.40. The molecule has 3 atom stereocenters. The van der Waals surface area contributed by atoms with Gasteiger partial charge in [-0.3, -0.25) is 4.90 Å². The van der Waals surface area contributed by atoms with Crippen LogP contribution < -0.4 is 25.8 Å². The number of alkyl halides is 4. The Morgan fingerprint density at radius 3 is 2.73 bits per heavy atom. The first-order chi connectivity index (χ1) is 26.3. The van der Waals surface area contributed by atoms with Gasteiger partial charge in [0.2, 0.25) is 0 Å². The summed E-state index contributed by atoms with van der Waals surface area (Å²) in [6, 6.07) is 3.36. The number of nitriles is 1. The minimum absolute atomic E-state index is 0.0546. The molecule has 4 N–H and O–H groups in total. The molecular formula is C37H31F7N8O2S. The number of halogens is 7. The highest BCUT2D eigenvalue weighted by molar-refractivity contribution is 7.23. The molecule has 10 nitrogen and oxygen atoms in total. The highest BCUT2D eigenvalue weighted by Gasteiger charge is 2.50. The number of hydrogen-bond donors (Lipinski definition) is 2. The number of hydrogen-bond acceptors (Lipinski definition) is 11. The van der Waals surface area contributed by atoms with Crippen molar-refractivity contribution in [2.45, 2.75) is 49.6 Å². The third-order valence-corrected chi connectivity index (χ3v) is 11.6. The molecular weight excluding hydrogens is 754 g/mol. The Kier molecular flexibility index (Phi) is 8.91. The molecule has 6 heterocycles. The van der Waals surface area contributed by atoms with Crippen molar-refractivity contribution in [3.63, 3.8) is 0 Å². The van der Waals surface area contributed by atoms with Crippen LogP contribution in [0.15, 0.2) is 37.1 Å². The van der Waals surface area contributed by atoms with Gasteiger partial charge in [0.05, 0.1) is 40.0 Å². The van der Waals surface area contributed by atoms with Crippen LogP contribution in [0.5, 0.6) is 11.8 Å². The monoisotopic (exact) mass is 784 g/mol. The number of nitrogen functional groups attached to an aromatic ring is 2. The maximum atomic E-state index is 17.5. The molecule has 18 heteroatoms. The van der Waals surface area contributed by atoms with Crippen LogP contribution in [0.25, 0.3) is 32.1 Å². The summed E-state index contributed by atoms with van der Waals surface area (Å²) in [5.74, 6) is -4.28. The lowest BCUT2D eigenvalue weighted by Gasteiger charge is -2.33. The summed E-state index contributed by atoms with van der Waals surface area (Å²) >= 11 is 0.637. The molecule has 3 aromatic heterocycles. The van der Waals surface area contributed by atoms with Gasteiger partial charge < -0.3 is 25.8 Å². The molecule has 286 valence electrons. The van der Waals surface area contributed by atoms with Crippen molar-refractivity contribution in [2.75, 3.05) is 49.2 Å². The summed E-state index contributed by atoms with van der Waals surface area (Å²) in [5.41, 5.74) is 7.58. The molecule has 2 aromatic carbocycles. The smallest absolute Gasteiger partial charge is 0.420 e. The van der Waals surface area contributed by atoms with Crippen molar-refractivity contribution >= 4 is 49.0 Å². The van der Waals surface area contributed by atoms with Gasteiger partial charge in [0.25, 0.3) is 0 Å². The largest absolute Gasteiger partial charge is 0.490 e. The number of thiophene rings is 1. The number of pyridine rings is 1. The van der Waals surface area contributed by atoms with E-state index in [2.05, 4.69) is 21.5 Å². The average molecular weight is 785 g/mol. The van der Waals surface area contributed by atoms with E-state index in [4.69, 9.17) is 20.9 Å². The number of nitrogens with two attached hydrogens (primary N) is 2. The molecule has 0 radical (unpaired) electrons. The van der Waals surface area contributed by atoms with Crippen LogP contribution in [-0.4, -0.2) is 64.4 Å². The minimum atomic E-state index is -5.30. The number of benzene rings is 2. The third kappa shape index (κ3) is 5.91. The molecule has 5 aromatic rings. The lowest BCUT2D eigenvalue weighted by atomic mass is 9.91. The zero-order valence-corrected chi connectivity index (χ0v) is 29.6. The average Bonchev–Trinajstić information content (AvgIpc) is 3.74. The number of fused-ring (bicyclic) bond motifs is 2. The molecule has 0 amide bonds. The maximum absolute atomic E-state index is 17.5. The number of aromatic nitrogens is 3. The topological polar surface area (TPSA) is 139 Å². The predicted octanol–water partition coefficient (Wildman–Crippen LogP) is 7.85. The van der Waals surface area contributed by atoms with Gasteiger partial charge in [-0.15, -0.1) is 17.9 Å². The molecule has 0 spiro atoms. The summed E-state index contributed by atoms with van der Waals surface area (Å²) in [5, 5.41) is 8.97. The summed E-state index contributed by atoms with van der Waals surface area (Å²) in [7, 11) is 0. The van der Waals surface area contributed by atoms with E-state index in [1.165, 1.54) is 11.0 Å². The van der Waals surface area contributed by atoms with E-state index in [1.807, 2.05) is 11.0 Å². The highest BCUT2D eigenvalue weighted by atomic mass is 32.1. The van der Waals surface area contributed by atoms with Crippen LogP contribution in [0.1, 0.15) is 48.4 Å². The van der Waals surface area contributed by atoms with Crippen molar-refractivity contribution < 1.29 is 40.2 Å². The first kappa shape index (κ1) is 36.6. The molecule has 3 aliphatic rings. The fourth-order valence-electron chi connectivity index (χ4n) is 8.33. The van der Waals surface area contributed by atoms with Crippen LogP contribution in [0.4, 0.5) is 47.4 Å². The van der Waals surface area contributed by atoms with Gasteiger partial charge >= 0.3 is 12.2 Å². The lowest BCUT2D eigenvalue weighted by Crippen LogP contribution is -2.43. The minimum Gasteiger partial charge on any atom is -0.490 e.